The predicted molar refractivity (Wildman–Crippen MR) is 98.2 cm³/mol. The highest BCUT2D eigenvalue weighted by Gasteiger charge is 2.15. The first-order valence-corrected chi connectivity index (χ1v) is 9.42. The molecule has 1 aliphatic heterocycles. The van der Waals surface area contributed by atoms with Crippen molar-refractivity contribution in [3.8, 4) is 0 Å². The minimum atomic E-state index is -0.507. The zero-order valence-electron chi connectivity index (χ0n) is 14.0. The van der Waals surface area contributed by atoms with Gasteiger partial charge in [-0.3, -0.25) is 9.79 Å². The molecule has 132 valence electrons. The van der Waals surface area contributed by atoms with Gasteiger partial charge in [0.2, 0.25) is 0 Å². The molecule has 2 rings (SSSR count). The maximum Gasteiger partial charge on any atom is 0.254 e. The SMILES string of the molecule is CCNC(=NCC1CCCS1)NCCNC(=O)c1ccccc1F. The van der Waals surface area contributed by atoms with Crippen LogP contribution in [0, 0.1) is 5.82 Å². The minimum Gasteiger partial charge on any atom is -0.357 e. The second-order valence-corrected chi connectivity index (χ2v) is 6.93. The normalized spacial score (nSPS) is 17.6. The third-order valence-electron chi connectivity index (χ3n) is 3.64. The van der Waals surface area contributed by atoms with Crippen molar-refractivity contribution in [3.63, 3.8) is 0 Å². The van der Waals surface area contributed by atoms with E-state index in [-0.39, 0.29) is 5.56 Å². The van der Waals surface area contributed by atoms with E-state index in [1.165, 1.54) is 30.7 Å². The Kier molecular flexibility index (Phi) is 7.88. The van der Waals surface area contributed by atoms with Crippen LogP contribution in [-0.2, 0) is 0 Å². The summed E-state index contributed by atoms with van der Waals surface area (Å²) in [5.41, 5.74) is 0.0660. The minimum absolute atomic E-state index is 0.0660. The number of hydrogen-bond acceptors (Lipinski definition) is 3. The molecule has 1 aliphatic rings. The Morgan fingerprint density at radius 1 is 1.29 bits per heavy atom. The van der Waals surface area contributed by atoms with E-state index in [4.69, 9.17) is 0 Å². The molecule has 0 aliphatic carbocycles. The van der Waals surface area contributed by atoms with Gasteiger partial charge in [0, 0.05) is 24.9 Å². The second-order valence-electron chi connectivity index (χ2n) is 5.52. The largest absolute Gasteiger partial charge is 0.357 e. The lowest BCUT2D eigenvalue weighted by atomic mass is 10.2. The summed E-state index contributed by atoms with van der Waals surface area (Å²) in [4.78, 5) is 16.5. The summed E-state index contributed by atoms with van der Waals surface area (Å²) in [6.07, 6.45) is 2.50. The lowest BCUT2D eigenvalue weighted by molar-refractivity contribution is 0.0950. The van der Waals surface area contributed by atoms with Crippen molar-refractivity contribution >= 4 is 23.6 Å². The molecule has 0 bridgehead atoms. The number of thioether (sulfide) groups is 1. The van der Waals surface area contributed by atoms with Crippen LogP contribution in [0.3, 0.4) is 0 Å². The molecule has 0 spiro atoms. The molecule has 0 saturated carbocycles. The molecule has 0 radical (unpaired) electrons. The van der Waals surface area contributed by atoms with Gasteiger partial charge in [0.15, 0.2) is 5.96 Å². The molecule has 24 heavy (non-hydrogen) atoms. The van der Waals surface area contributed by atoms with Crippen LogP contribution in [-0.4, -0.2) is 49.0 Å². The summed E-state index contributed by atoms with van der Waals surface area (Å²) < 4.78 is 13.5. The van der Waals surface area contributed by atoms with Crippen LogP contribution in [0.25, 0.3) is 0 Å². The quantitative estimate of drug-likeness (QED) is 0.399. The van der Waals surface area contributed by atoms with Crippen LogP contribution in [0.4, 0.5) is 4.39 Å². The third-order valence-corrected chi connectivity index (χ3v) is 5.02. The zero-order valence-corrected chi connectivity index (χ0v) is 14.8. The number of amides is 1. The maximum atomic E-state index is 13.5. The number of guanidine groups is 1. The molecule has 1 aromatic rings. The van der Waals surface area contributed by atoms with Gasteiger partial charge in [0.05, 0.1) is 12.1 Å². The van der Waals surface area contributed by atoms with Crippen LogP contribution in [0.15, 0.2) is 29.3 Å². The first kappa shape index (κ1) is 18.6. The van der Waals surface area contributed by atoms with Gasteiger partial charge in [-0.1, -0.05) is 12.1 Å². The Morgan fingerprint density at radius 2 is 2.08 bits per heavy atom. The predicted octanol–water partition coefficient (Wildman–Crippen LogP) is 2.01. The lowest BCUT2D eigenvalue weighted by Gasteiger charge is -2.13. The number of halogens is 1. The molecule has 1 unspecified atom stereocenters. The van der Waals surface area contributed by atoms with E-state index in [2.05, 4.69) is 20.9 Å². The van der Waals surface area contributed by atoms with E-state index in [1.807, 2.05) is 18.7 Å². The van der Waals surface area contributed by atoms with Gasteiger partial charge in [-0.2, -0.15) is 11.8 Å². The molecule has 1 atom stereocenters. The zero-order chi connectivity index (χ0) is 17.2. The number of rotatable bonds is 7. The van der Waals surface area contributed by atoms with E-state index in [0.29, 0.717) is 18.3 Å². The summed E-state index contributed by atoms with van der Waals surface area (Å²) in [7, 11) is 0. The number of carbonyl (C=O) groups excluding carboxylic acids is 1. The summed E-state index contributed by atoms with van der Waals surface area (Å²) in [5, 5.41) is 9.70. The summed E-state index contributed by atoms with van der Waals surface area (Å²) in [6.45, 7) is 4.54. The Hall–Kier alpha value is -1.76. The topological polar surface area (TPSA) is 65.5 Å². The van der Waals surface area contributed by atoms with Crippen molar-refractivity contribution in [1.82, 2.24) is 16.0 Å². The lowest BCUT2D eigenvalue weighted by Crippen LogP contribution is -2.42. The second kappa shape index (κ2) is 10.2. The molecule has 3 N–H and O–H groups in total. The van der Waals surface area contributed by atoms with E-state index in [1.54, 1.807) is 12.1 Å². The molecule has 1 amide bonds. The first-order chi connectivity index (χ1) is 11.7. The summed E-state index contributed by atoms with van der Waals surface area (Å²) in [5.74, 6) is 1.07. The monoisotopic (exact) mass is 352 g/mol. The fraction of sp³-hybridized carbons (Fsp3) is 0.529. The van der Waals surface area contributed by atoms with E-state index in [9.17, 15) is 9.18 Å². The molecule has 1 fully saturated rings. The van der Waals surface area contributed by atoms with Gasteiger partial charge >= 0.3 is 0 Å². The molecular weight excluding hydrogens is 327 g/mol. The Balaban J connectivity index is 1.73. The van der Waals surface area contributed by atoms with Crippen LogP contribution in [0.1, 0.15) is 30.1 Å². The van der Waals surface area contributed by atoms with E-state index >= 15 is 0 Å². The molecule has 0 aromatic heterocycles. The highest BCUT2D eigenvalue weighted by atomic mass is 32.2. The van der Waals surface area contributed by atoms with Crippen molar-refractivity contribution in [3.05, 3.63) is 35.6 Å². The van der Waals surface area contributed by atoms with Crippen LogP contribution in [0.2, 0.25) is 0 Å². The highest BCUT2D eigenvalue weighted by Crippen LogP contribution is 2.25. The van der Waals surface area contributed by atoms with Gasteiger partial charge in [0.25, 0.3) is 5.91 Å². The third kappa shape index (κ3) is 6.03. The molecule has 1 heterocycles. The standard InChI is InChI=1S/C17H25FN4OS/c1-2-19-17(22-12-13-6-5-11-24-13)21-10-9-20-16(23)14-7-3-4-8-15(14)18/h3-4,7-8,13H,2,5-6,9-12H2,1H3,(H,20,23)(H2,19,21,22). The fourth-order valence-electron chi connectivity index (χ4n) is 2.42. The summed E-state index contributed by atoms with van der Waals surface area (Å²) >= 11 is 1.98. The van der Waals surface area contributed by atoms with Gasteiger partial charge in [-0.05, 0) is 37.7 Å². The maximum absolute atomic E-state index is 13.5. The first-order valence-electron chi connectivity index (χ1n) is 8.37. The number of benzene rings is 1. The van der Waals surface area contributed by atoms with Crippen molar-refractivity contribution < 1.29 is 9.18 Å². The van der Waals surface area contributed by atoms with Gasteiger partial charge in [-0.15, -0.1) is 0 Å². The Morgan fingerprint density at radius 3 is 2.79 bits per heavy atom. The van der Waals surface area contributed by atoms with Crippen LogP contribution >= 0.6 is 11.8 Å². The Bertz CT molecular complexity index is 561. The van der Waals surface area contributed by atoms with Crippen molar-refractivity contribution in [1.29, 1.82) is 0 Å². The van der Waals surface area contributed by atoms with E-state index < -0.39 is 11.7 Å². The molecule has 1 saturated heterocycles. The van der Waals surface area contributed by atoms with Crippen molar-refractivity contribution in [2.24, 2.45) is 4.99 Å². The van der Waals surface area contributed by atoms with Crippen molar-refractivity contribution in [2.45, 2.75) is 25.0 Å². The number of nitrogens with zero attached hydrogens (tertiary/aromatic N) is 1. The molecule has 1 aromatic carbocycles. The van der Waals surface area contributed by atoms with Crippen molar-refractivity contribution in [2.75, 3.05) is 31.9 Å². The number of aliphatic imine (C=N–C) groups is 1. The van der Waals surface area contributed by atoms with Gasteiger partial charge in [0.1, 0.15) is 5.82 Å². The average molecular weight is 352 g/mol. The fourth-order valence-corrected chi connectivity index (χ4v) is 3.60. The highest BCUT2D eigenvalue weighted by molar-refractivity contribution is 8.00. The van der Waals surface area contributed by atoms with E-state index in [0.717, 1.165) is 19.0 Å². The number of nitrogens with one attached hydrogen (secondary N) is 3. The molecule has 5 nitrogen and oxygen atoms in total. The average Bonchev–Trinajstić information content (AvgIpc) is 3.10. The smallest absolute Gasteiger partial charge is 0.254 e. The number of carbonyl (C=O) groups is 1. The van der Waals surface area contributed by atoms with Gasteiger partial charge < -0.3 is 16.0 Å². The van der Waals surface area contributed by atoms with Crippen LogP contribution in [0.5, 0.6) is 0 Å². The summed E-state index contributed by atoms with van der Waals surface area (Å²) in [6, 6.07) is 5.97. The molecular formula is C17H25FN4OS. The molecule has 7 heteroatoms. The van der Waals surface area contributed by atoms with Crippen LogP contribution < -0.4 is 16.0 Å². The number of hydrogen-bond donors (Lipinski definition) is 3. The Labute approximate surface area is 146 Å². The van der Waals surface area contributed by atoms with Gasteiger partial charge in [-0.25, -0.2) is 4.39 Å².